The number of aromatic amines is 1. The summed E-state index contributed by atoms with van der Waals surface area (Å²) in [6.45, 7) is 5.46. The summed E-state index contributed by atoms with van der Waals surface area (Å²) in [7, 11) is 0. The van der Waals surface area contributed by atoms with Gasteiger partial charge in [0.25, 0.3) is 5.56 Å². The Morgan fingerprint density at radius 1 is 1.32 bits per heavy atom. The molecule has 2 N–H and O–H groups in total. The van der Waals surface area contributed by atoms with Crippen LogP contribution in [-0.2, 0) is 17.7 Å². The fraction of sp³-hybridized carbons (Fsp3) is 0.444. The highest BCUT2D eigenvalue weighted by Gasteiger charge is 2.14. The molecule has 4 heterocycles. The molecule has 0 spiro atoms. The quantitative estimate of drug-likeness (QED) is 0.647. The number of anilines is 2. The number of pyridine rings is 1. The van der Waals surface area contributed by atoms with Crippen LogP contribution in [0.1, 0.15) is 24.6 Å². The summed E-state index contributed by atoms with van der Waals surface area (Å²) >= 11 is 6.43. The third-order valence-electron chi connectivity index (χ3n) is 4.59. The van der Waals surface area contributed by atoms with Gasteiger partial charge in [0.15, 0.2) is 0 Å². The number of morpholine rings is 1. The standard InChI is InChI=1S/C18H22ClN7O2/c1-2-3-13-8-16(27)26-18(22-13)23-17(24-26)21-11-12-10-20-15(9-14(12)19)25-4-6-28-7-5-25/h8-10H,2-7,11H2,1H3,(H2,21,22,23,24). The van der Waals surface area contributed by atoms with Crippen LogP contribution in [0.5, 0.6) is 0 Å². The Hall–Kier alpha value is -2.65. The van der Waals surface area contributed by atoms with Crippen molar-refractivity contribution in [3.63, 3.8) is 0 Å². The third kappa shape index (κ3) is 3.95. The highest BCUT2D eigenvalue weighted by molar-refractivity contribution is 6.31. The van der Waals surface area contributed by atoms with Crippen LogP contribution in [0.25, 0.3) is 5.78 Å². The van der Waals surface area contributed by atoms with Crippen molar-refractivity contribution in [2.75, 3.05) is 36.5 Å². The number of ether oxygens (including phenoxy) is 1. The van der Waals surface area contributed by atoms with E-state index >= 15 is 0 Å². The van der Waals surface area contributed by atoms with E-state index in [4.69, 9.17) is 16.3 Å². The summed E-state index contributed by atoms with van der Waals surface area (Å²) in [5.41, 5.74) is 1.48. The Bertz CT molecular complexity index is 1030. The number of H-pyrrole nitrogens is 1. The normalized spacial score (nSPS) is 14.6. The smallest absolute Gasteiger partial charge is 0.275 e. The van der Waals surface area contributed by atoms with Gasteiger partial charge < -0.3 is 19.9 Å². The molecule has 1 fully saturated rings. The van der Waals surface area contributed by atoms with E-state index in [1.54, 1.807) is 12.3 Å². The minimum absolute atomic E-state index is 0.202. The first-order valence-corrected chi connectivity index (χ1v) is 9.72. The van der Waals surface area contributed by atoms with E-state index in [-0.39, 0.29) is 5.56 Å². The molecule has 0 aliphatic carbocycles. The van der Waals surface area contributed by atoms with Gasteiger partial charge in [-0.2, -0.15) is 9.50 Å². The molecule has 148 valence electrons. The Kier molecular flexibility index (Phi) is 5.45. The molecule has 28 heavy (non-hydrogen) atoms. The van der Waals surface area contributed by atoms with Crippen LogP contribution in [0, 0.1) is 0 Å². The fourth-order valence-electron chi connectivity index (χ4n) is 3.13. The van der Waals surface area contributed by atoms with E-state index in [2.05, 4.69) is 37.2 Å². The molecular weight excluding hydrogens is 382 g/mol. The number of halogens is 1. The van der Waals surface area contributed by atoms with Crippen LogP contribution < -0.4 is 15.8 Å². The van der Waals surface area contributed by atoms with Gasteiger partial charge in [-0.05, 0) is 12.5 Å². The summed E-state index contributed by atoms with van der Waals surface area (Å²) in [5, 5.41) is 7.94. The average molecular weight is 404 g/mol. The van der Waals surface area contributed by atoms with Gasteiger partial charge >= 0.3 is 0 Å². The van der Waals surface area contributed by atoms with Crippen molar-refractivity contribution >= 4 is 29.1 Å². The lowest BCUT2D eigenvalue weighted by molar-refractivity contribution is 0.122. The molecular formula is C18H22ClN7O2. The van der Waals surface area contributed by atoms with Crippen molar-refractivity contribution in [1.29, 1.82) is 0 Å². The second-order valence-electron chi connectivity index (χ2n) is 6.64. The highest BCUT2D eigenvalue weighted by Crippen LogP contribution is 2.22. The van der Waals surface area contributed by atoms with Crippen LogP contribution in [0.3, 0.4) is 0 Å². The van der Waals surface area contributed by atoms with Gasteiger partial charge in [-0.3, -0.25) is 4.79 Å². The zero-order chi connectivity index (χ0) is 19.5. The minimum Gasteiger partial charge on any atom is -0.378 e. The lowest BCUT2D eigenvalue weighted by atomic mass is 10.2. The average Bonchev–Trinajstić information content (AvgIpc) is 3.11. The number of rotatable bonds is 6. The lowest BCUT2D eigenvalue weighted by Gasteiger charge is -2.28. The summed E-state index contributed by atoms with van der Waals surface area (Å²) in [4.78, 5) is 26.3. The van der Waals surface area contributed by atoms with Crippen LogP contribution in [0.2, 0.25) is 5.02 Å². The third-order valence-corrected chi connectivity index (χ3v) is 4.94. The van der Waals surface area contributed by atoms with E-state index in [9.17, 15) is 4.79 Å². The van der Waals surface area contributed by atoms with Gasteiger partial charge in [-0.1, -0.05) is 24.9 Å². The van der Waals surface area contributed by atoms with Gasteiger partial charge in [0.1, 0.15) is 5.82 Å². The van der Waals surface area contributed by atoms with Gasteiger partial charge in [0.05, 0.1) is 18.2 Å². The maximum Gasteiger partial charge on any atom is 0.275 e. The largest absolute Gasteiger partial charge is 0.378 e. The van der Waals surface area contributed by atoms with Gasteiger partial charge in [-0.25, -0.2) is 4.98 Å². The molecule has 0 atom stereocenters. The van der Waals surface area contributed by atoms with E-state index < -0.39 is 0 Å². The predicted molar refractivity (Wildman–Crippen MR) is 107 cm³/mol. The number of aryl methyl sites for hydroxylation is 1. The summed E-state index contributed by atoms with van der Waals surface area (Å²) < 4.78 is 6.62. The predicted octanol–water partition coefficient (Wildman–Crippen LogP) is 1.87. The van der Waals surface area contributed by atoms with Crippen molar-refractivity contribution in [2.24, 2.45) is 0 Å². The Labute approximate surface area is 166 Å². The monoisotopic (exact) mass is 403 g/mol. The fourth-order valence-corrected chi connectivity index (χ4v) is 3.35. The molecule has 0 radical (unpaired) electrons. The van der Waals surface area contributed by atoms with Gasteiger partial charge in [0, 0.05) is 43.2 Å². The maximum atomic E-state index is 12.2. The number of nitrogens with zero attached hydrogens (tertiary/aromatic N) is 5. The second kappa shape index (κ2) is 8.15. The van der Waals surface area contributed by atoms with Crippen molar-refractivity contribution in [3.05, 3.63) is 45.0 Å². The van der Waals surface area contributed by atoms with E-state index in [1.807, 2.05) is 6.07 Å². The van der Waals surface area contributed by atoms with Crippen LogP contribution in [0.15, 0.2) is 23.1 Å². The van der Waals surface area contributed by atoms with Crippen molar-refractivity contribution in [2.45, 2.75) is 26.3 Å². The summed E-state index contributed by atoms with van der Waals surface area (Å²) in [6, 6.07) is 3.42. The first kappa shape index (κ1) is 18.7. The van der Waals surface area contributed by atoms with Gasteiger partial charge in [0.2, 0.25) is 11.7 Å². The number of hydrogen-bond donors (Lipinski definition) is 2. The number of hydrogen-bond acceptors (Lipinski definition) is 7. The first-order chi connectivity index (χ1) is 13.6. The molecule has 0 bridgehead atoms. The highest BCUT2D eigenvalue weighted by atomic mass is 35.5. The molecule has 0 saturated carbocycles. The first-order valence-electron chi connectivity index (χ1n) is 9.34. The number of nitrogens with one attached hydrogen (secondary N) is 2. The minimum atomic E-state index is -0.202. The maximum absolute atomic E-state index is 12.2. The van der Waals surface area contributed by atoms with Gasteiger partial charge in [-0.15, -0.1) is 5.10 Å². The van der Waals surface area contributed by atoms with E-state index in [0.717, 1.165) is 43.0 Å². The molecule has 0 unspecified atom stereocenters. The van der Waals surface area contributed by atoms with Crippen LogP contribution in [0.4, 0.5) is 11.8 Å². The van der Waals surface area contributed by atoms with Crippen molar-refractivity contribution in [1.82, 2.24) is 24.6 Å². The Morgan fingerprint density at radius 3 is 2.89 bits per heavy atom. The van der Waals surface area contributed by atoms with Crippen molar-refractivity contribution < 1.29 is 4.74 Å². The molecule has 3 aromatic heterocycles. The summed E-state index contributed by atoms with van der Waals surface area (Å²) in [5.74, 6) is 1.62. The molecule has 1 saturated heterocycles. The Morgan fingerprint density at radius 2 is 2.14 bits per heavy atom. The molecule has 0 aromatic carbocycles. The number of fused-ring (bicyclic) bond motifs is 1. The zero-order valence-electron chi connectivity index (χ0n) is 15.6. The molecule has 1 aliphatic heterocycles. The van der Waals surface area contributed by atoms with E-state index in [0.29, 0.717) is 36.5 Å². The molecule has 4 rings (SSSR count). The topological polar surface area (TPSA) is 100 Å². The van der Waals surface area contributed by atoms with E-state index in [1.165, 1.54) is 4.52 Å². The van der Waals surface area contributed by atoms with Crippen LogP contribution in [-0.4, -0.2) is 50.9 Å². The SMILES string of the molecule is CCCc1cc(=O)n2nc(NCc3cnc(N4CCOCC4)cc3Cl)nc2[nH]1. The summed E-state index contributed by atoms with van der Waals surface area (Å²) in [6.07, 6.45) is 3.48. The van der Waals surface area contributed by atoms with Crippen molar-refractivity contribution in [3.8, 4) is 0 Å². The molecule has 3 aromatic rings. The van der Waals surface area contributed by atoms with Crippen LogP contribution >= 0.6 is 11.6 Å². The Balaban J connectivity index is 1.48. The molecule has 10 heteroatoms. The number of aromatic nitrogens is 5. The zero-order valence-corrected chi connectivity index (χ0v) is 16.4. The molecule has 1 aliphatic rings. The second-order valence-corrected chi connectivity index (χ2v) is 7.05. The lowest BCUT2D eigenvalue weighted by Crippen LogP contribution is -2.36. The molecule has 0 amide bonds. The molecule has 9 nitrogen and oxygen atoms in total.